The number of nitrogens with zero attached hydrogens (tertiary/aromatic N) is 1. The third kappa shape index (κ3) is 4.53. The Kier molecular flexibility index (Phi) is 6.88. The predicted molar refractivity (Wildman–Crippen MR) is 236 cm³/mol. The molecule has 0 amide bonds. The van der Waals surface area contributed by atoms with Crippen LogP contribution < -0.4 is 9.64 Å². The van der Waals surface area contributed by atoms with Gasteiger partial charge in [-0.15, -0.1) is 0 Å². The highest BCUT2D eigenvalue weighted by Crippen LogP contribution is 2.62. The number of fused-ring (bicyclic) bond motifs is 10. The first-order chi connectivity index (χ1) is 28.3. The highest BCUT2D eigenvalue weighted by molar-refractivity contribution is 6.10. The normalized spacial score (nSPS) is 13.2. The fourth-order valence-electron chi connectivity index (χ4n) is 9.98. The Morgan fingerprint density at radius 1 is 0.351 bits per heavy atom. The number of anilines is 3. The standard InChI is InChI=1S/C55H35NO/c1-2-15-36(16-3-1)40-22-13-24-44-42(40)23-14-30-51(44)56(50-29-12-18-37-17-4-5-21-41(37)50)39-33-34-43-45-25-10-19-38-20-11-28-48(54(38)45)55(49(43)35-39)46-26-6-8-31-52(46)57-53-32-9-7-27-47(53)55/h1-35H. The van der Waals surface area contributed by atoms with Gasteiger partial charge in [0.2, 0.25) is 0 Å². The van der Waals surface area contributed by atoms with Crippen molar-refractivity contribution in [2.24, 2.45) is 0 Å². The highest BCUT2D eigenvalue weighted by Gasteiger charge is 2.49. The van der Waals surface area contributed by atoms with Crippen molar-refractivity contribution in [3.63, 3.8) is 0 Å². The lowest BCUT2D eigenvalue weighted by molar-refractivity contribution is 0.435. The molecule has 2 nitrogen and oxygen atoms in total. The van der Waals surface area contributed by atoms with E-state index in [1.807, 2.05) is 0 Å². The average Bonchev–Trinajstić information content (AvgIpc) is 3.28. The average molecular weight is 726 g/mol. The third-order valence-corrected chi connectivity index (χ3v) is 12.3. The summed E-state index contributed by atoms with van der Waals surface area (Å²) in [6, 6.07) is 77.6. The van der Waals surface area contributed by atoms with E-state index < -0.39 is 5.41 Å². The molecule has 1 aliphatic carbocycles. The summed E-state index contributed by atoms with van der Waals surface area (Å²) in [6.45, 7) is 0. The summed E-state index contributed by atoms with van der Waals surface area (Å²) in [5.74, 6) is 1.77. The number of rotatable bonds is 4. The Hall–Kier alpha value is -7.42. The second-order valence-corrected chi connectivity index (χ2v) is 15.2. The first-order valence-corrected chi connectivity index (χ1v) is 19.7. The van der Waals surface area contributed by atoms with Gasteiger partial charge in [0.1, 0.15) is 11.5 Å². The van der Waals surface area contributed by atoms with E-state index in [0.717, 1.165) is 39.7 Å². The summed E-state index contributed by atoms with van der Waals surface area (Å²) < 4.78 is 6.75. The molecule has 0 aromatic heterocycles. The predicted octanol–water partition coefficient (Wildman–Crippen LogP) is 14.8. The Morgan fingerprint density at radius 2 is 0.912 bits per heavy atom. The summed E-state index contributed by atoms with van der Waals surface area (Å²) in [7, 11) is 0. The molecule has 0 N–H and O–H groups in total. The molecule has 2 aliphatic rings. The smallest absolute Gasteiger partial charge is 0.132 e. The van der Waals surface area contributed by atoms with Gasteiger partial charge < -0.3 is 9.64 Å². The SMILES string of the molecule is c1ccc(-c2cccc3c(N(c4ccc5c(c4)C4(c6ccccc6Oc6ccccc64)c4cccc6cccc-5c46)c4cccc5ccccc45)cccc23)cc1. The van der Waals surface area contributed by atoms with E-state index in [0.29, 0.717) is 0 Å². The molecule has 10 aromatic carbocycles. The lowest BCUT2D eigenvalue weighted by Gasteiger charge is -2.45. The molecular formula is C55H35NO. The van der Waals surface area contributed by atoms with Crippen molar-refractivity contribution in [3.05, 3.63) is 235 Å². The molecule has 2 heteroatoms. The van der Waals surface area contributed by atoms with Crippen molar-refractivity contribution in [2.75, 3.05) is 4.90 Å². The van der Waals surface area contributed by atoms with Crippen LogP contribution in [-0.2, 0) is 5.41 Å². The topological polar surface area (TPSA) is 12.5 Å². The molecule has 0 atom stereocenters. The maximum Gasteiger partial charge on any atom is 0.132 e. The zero-order valence-corrected chi connectivity index (χ0v) is 31.1. The third-order valence-electron chi connectivity index (χ3n) is 12.3. The minimum Gasteiger partial charge on any atom is -0.457 e. The molecule has 1 spiro atoms. The molecule has 1 aliphatic heterocycles. The summed E-state index contributed by atoms with van der Waals surface area (Å²) in [5.41, 5.74) is 12.4. The molecule has 0 saturated heterocycles. The van der Waals surface area contributed by atoms with Crippen LogP contribution in [0.2, 0.25) is 0 Å². The summed E-state index contributed by atoms with van der Waals surface area (Å²) in [6.07, 6.45) is 0. The van der Waals surface area contributed by atoms with Gasteiger partial charge in [0.15, 0.2) is 0 Å². The van der Waals surface area contributed by atoms with Crippen LogP contribution in [0.15, 0.2) is 212 Å². The molecule has 266 valence electrons. The van der Waals surface area contributed by atoms with Crippen molar-refractivity contribution in [1.82, 2.24) is 0 Å². The molecule has 0 unspecified atom stereocenters. The van der Waals surface area contributed by atoms with Crippen LogP contribution in [0.25, 0.3) is 54.6 Å². The van der Waals surface area contributed by atoms with Crippen LogP contribution >= 0.6 is 0 Å². The monoisotopic (exact) mass is 725 g/mol. The van der Waals surface area contributed by atoms with Crippen molar-refractivity contribution >= 4 is 49.4 Å². The van der Waals surface area contributed by atoms with Crippen LogP contribution in [0.5, 0.6) is 11.5 Å². The van der Waals surface area contributed by atoms with E-state index in [1.54, 1.807) is 0 Å². The molecule has 10 aromatic rings. The minimum absolute atomic E-state index is 0.645. The second-order valence-electron chi connectivity index (χ2n) is 15.2. The van der Waals surface area contributed by atoms with E-state index in [2.05, 4.69) is 217 Å². The van der Waals surface area contributed by atoms with Gasteiger partial charge in [0.25, 0.3) is 0 Å². The first-order valence-electron chi connectivity index (χ1n) is 19.7. The van der Waals surface area contributed by atoms with Gasteiger partial charge in [0, 0.05) is 27.6 Å². The number of benzene rings is 10. The highest BCUT2D eigenvalue weighted by atomic mass is 16.5. The van der Waals surface area contributed by atoms with Crippen LogP contribution in [0.4, 0.5) is 17.1 Å². The van der Waals surface area contributed by atoms with Crippen molar-refractivity contribution in [2.45, 2.75) is 5.41 Å². The van der Waals surface area contributed by atoms with Crippen molar-refractivity contribution in [1.29, 1.82) is 0 Å². The summed E-state index contributed by atoms with van der Waals surface area (Å²) in [4.78, 5) is 2.49. The molecular weight excluding hydrogens is 691 g/mol. The zero-order valence-electron chi connectivity index (χ0n) is 31.1. The van der Waals surface area contributed by atoms with Gasteiger partial charge in [-0.2, -0.15) is 0 Å². The number of hydrogen-bond donors (Lipinski definition) is 0. The van der Waals surface area contributed by atoms with Crippen LogP contribution in [0, 0.1) is 0 Å². The number of hydrogen-bond acceptors (Lipinski definition) is 2. The molecule has 12 rings (SSSR count). The Labute approximate surface area is 331 Å². The Morgan fingerprint density at radius 3 is 1.74 bits per heavy atom. The van der Waals surface area contributed by atoms with Gasteiger partial charge in [-0.25, -0.2) is 0 Å². The van der Waals surface area contributed by atoms with E-state index in [-0.39, 0.29) is 0 Å². The first kappa shape index (κ1) is 31.9. The maximum atomic E-state index is 6.75. The Bertz CT molecular complexity index is 3180. The number of ether oxygens (including phenoxy) is 1. The van der Waals surface area contributed by atoms with E-state index in [1.165, 1.54) is 65.7 Å². The van der Waals surface area contributed by atoms with Gasteiger partial charge in [-0.05, 0) is 91.3 Å². The lowest BCUT2D eigenvalue weighted by Crippen LogP contribution is -2.36. The van der Waals surface area contributed by atoms with Gasteiger partial charge in [-0.1, -0.05) is 176 Å². The Balaban J connectivity index is 1.21. The molecule has 57 heavy (non-hydrogen) atoms. The van der Waals surface area contributed by atoms with Crippen LogP contribution in [-0.4, -0.2) is 0 Å². The number of para-hydroxylation sites is 2. The van der Waals surface area contributed by atoms with Gasteiger partial charge in [-0.3, -0.25) is 0 Å². The quantitative estimate of drug-likeness (QED) is 0.179. The van der Waals surface area contributed by atoms with Gasteiger partial charge in [0.05, 0.1) is 16.8 Å². The van der Waals surface area contributed by atoms with E-state index in [9.17, 15) is 0 Å². The van der Waals surface area contributed by atoms with E-state index in [4.69, 9.17) is 4.74 Å². The largest absolute Gasteiger partial charge is 0.457 e. The van der Waals surface area contributed by atoms with Crippen LogP contribution in [0.1, 0.15) is 22.3 Å². The lowest BCUT2D eigenvalue weighted by atomic mass is 9.58. The van der Waals surface area contributed by atoms with Crippen molar-refractivity contribution < 1.29 is 4.74 Å². The molecule has 0 radical (unpaired) electrons. The molecule has 0 saturated carbocycles. The zero-order chi connectivity index (χ0) is 37.5. The van der Waals surface area contributed by atoms with Gasteiger partial charge >= 0.3 is 0 Å². The fraction of sp³-hybridized carbons (Fsp3) is 0.0182. The second kappa shape index (κ2) is 12.3. The van der Waals surface area contributed by atoms with E-state index >= 15 is 0 Å². The van der Waals surface area contributed by atoms with Crippen molar-refractivity contribution in [3.8, 4) is 33.8 Å². The maximum absolute atomic E-state index is 6.75. The summed E-state index contributed by atoms with van der Waals surface area (Å²) in [5, 5.41) is 7.33. The fourth-order valence-corrected chi connectivity index (χ4v) is 9.98. The minimum atomic E-state index is -0.645. The molecule has 0 bridgehead atoms. The van der Waals surface area contributed by atoms with Crippen LogP contribution in [0.3, 0.4) is 0 Å². The summed E-state index contributed by atoms with van der Waals surface area (Å²) >= 11 is 0. The molecule has 1 heterocycles. The molecule has 0 fully saturated rings.